The van der Waals surface area contributed by atoms with Crippen molar-refractivity contribution in [3.63, 3.8) is 0 Å². The lowest BCUT2D eigenvalue weighted by atomic mass is 9.93. The van der Waals surface area contributed by atoms with Gasteiger partial charge in [0.2, 0.25) is 0 Å². The Balaban J connectivity index is 1.52. The van der Waals surface area contributed by atoms with Gasteiger partial charge in [0, 0.05) is 24.9 Å². The quantitative estimate of drug-likeness (QED) is 0.504. The molecule has 0 fully saturated rings. The molecule has 1 amide bonds. The predicted octanol–water partition coefficient (Wildman–Crippen LogP) is 4.53. The largest absolute Gasteiger partial charge is 0.490 e. The van der Waals surface area contributed by atoms with Gasteiger partial charge < -0.3 is 24.4 Å². The van der Waals surface area contributed by atoms with Gasteiger partial charge in [-0.2, -0.15) is 0 Å². The van der Waals surface area contributed by atoms with Crippen LogP contribution in [0.5, 0.6) is 11.5 Å². The monoisotopic (exact) mass is 432 g/mol. The number of nitrogens with zero attached hydrogens (tertiary/aromatic N) is 1. The van der Waals surface area contributed by atoms with Crippen LogP contribution < -0.4 is 14.8 Å². The summed E-state index contributed by atoms with van der Waals surface area (Å²) in [5, 5.41) is 3.56. The zero-order chi connectivity index (χ0) is 22.4. The van der Waals surface area contributed by atoms with E-state index in [4.69, 9.17) is 14.2 Å². The highest BCUT2D eigenvalue weighted by atomic mass is 16.5. The smallest absolute Gasteiger partial charge is 0.258 e. The summed E-state index contributed by atoms with van der Waals surface area (Å²) in [6.45, 7) is 3.77. The van der Waals surface area contributed by atoms with Crippen molar-refractivity contribution in [1.82, 2.24) is 4.90 Å². The van der Waals surface area contributed by atoms with Gasteiger partial charge in [-0.3, -0.25) is 4.79 Å². The summed E-state index contributed by atoms with van der Waals surface area (Å²) >= 11 is 0. The highest BCUT2D eigenvalue weighted by molar-refractivity contribution is 6.02. The maximum absolute atomic E-state index is 13.3. The van der Waals surface area contributed by atoms with E-state index >= 15 is 0 Å². The number of ether oxygens (including phenoxy) is 3. The van der Waals surface area contributed by atoms with E-state index in [1.54, 1.807) is 7.11 Å². The molecule has 0 radical (unpaired) electrons. The number of carbonyl (C=O) groups excluding carboxylic acids is 1. The first-order valence-electron chi connectivity index (χ1n) is 10.7. The van der Waals surface area contributed by atoms with Gasteiger partial charge in [0.15, 0.2) is 0 Å². The fourth-order valence-electron chi connectivity index (χ4n) is 3.92. The number of hydrogen-bond acceptors (Lipinski definition) is 5. The SMILES string of the molecule is COCCN1C(=O)c2ccccc2NC1(C)c1cccc(OCCOc2ccccc2)c1. The van der Waals surface area contributed by atoms with Crippen molar-refractivity contribution in [1.29, 1.82) is 0 Å². The lowest BCUT2D eigenvalue weighted by Crippen LogP contribution is -2.56. The minimum absolute atomic E-state index is 0.0264. The molecule has 1 heterocycles. The molecule has 0 spiro atoms. The average molecular weight is 433 g/mol. The Labute approximate surface area is 188 Å². The number of rotatable bonds is 9. The minimum atomic E-state index is -0.746. The van der Waals surface area contributed by atoms with Crippen LogP contribution in [0.25, 0.3) is 0 Å². The molecule has 1 aliphatic rings. The normalized spacial score (nSPS) is 17.4. The van der Waals surface area contributed by atoms with Crippen molar-refractivity contribution >= 4 is 11.6 Å². The van der Waals surface area contributed by atoms with Crippen LogP contribution in [-0.4, -0.2) is 44.3 Å². The molecule has 0 aliphatic carbocycles. The first kappa shape index (κ1) is 21.7. The van der Waals surface area contributed by atoms with Crippen LogP contribution in [0.2, 0.25) is 0 Å². The Kier molecular flexibility index (Phi) is 6.61. The van der Waals surface area contributed by atoms with Gasteiger partial charge in [0.05, 0.1) is 12.2 Å². The summed E-state index contributed by atoms with van der Waals surface area (Å²) in [6, 6.07) is 25.1. The molecule has 4 rings (SSSR count). The fraction of sp³-hybridized carbons (Fsp3) is 0.269. The Bertz CT molecular complexity index is 1060. The van der Waals surface area contributed by atoms with Gasteiger partial charge in [0.25, 0.3) is 5.91 Å². The Morgan fingerprint density at radius 1 is 0.844 bits per heavy atom. The Hall–Kier alpha value is -3.51. The number of methoxy groups -OCH3 is 1. The molecule has 3 aromatic rings. The van der Waals surface area contributed by atoms with Gasteiger partial charge in [-0.25, -0.2) is 0 Å². The molecule has 6 nitrogen and oxygen atoms in total. The van der Waals surface area contributed by atoms with Crippen molar-refractivity contribution in [2.75, 3.05) is 38.8 Å². The molecule has 0 saturated carbocycles. The molecular formula is C26H28N2O4. The van der Waals surface area contributed by atoms with E-state index in [2.05, 4.69) is 5.32 Å². The third-order valence-corrected chi connectivity index (χ3v) is 5.60. The number of para-hydroxylation sites is 2. The first-order chi connectivity index (χ1) is 15.6. The van der Waals surface area contributed by atoms with E-state index in [0.717, 1.165) is 22.7 Å². The summed E-state index contributed by atoms with van der Waals surface area (Å²) in [5.41, 5.74) is 1.66. The lowest BCUT2D eigenvalue weighted by Gasteiger charge is -2.46. The molecule has 3 aromatic carbocycles. The van der Waals surface area contributed by atoms with E-state index in [9.17, 15) is 4.79 Å². The predicted molar refractivity (Wildman–Crippen MR) is 124 cm³/mol. The number of fused-ring (bicyclic) bond motifs is 1. The molecule has 6 heteroatoms. The third-order valence-electron chi connectivity index (χ3n) is 5.60. The molecule has 1 N–H and O–H groups in total. The van der Waals surface area contributed by atoms with Crippen LogP contribution >= 0.6 is 0 Å². The standard InChI is InChI=1S/C26H28N2O4/c1-26(27-24-14-7-6-13-23(24)25(29)28(26)15-16-30-2)20-9-8-12-22(19-20)32-18-17-31-21-10-4-3-5-11-21/h3-14,19,27H,15-18H2,1-2H3. The van der Waals surface area contributed by atoms with E-state index < -0.39 is 5.66 Å². The Morgan fingerprint density at radius 3 is 2.31 bits per heavy atom. The Morgan fingerprint density at radius 2 is 1.53 bits per heavy atom. The highest BCUT2D eigenvalue weighted by Gasteiger charge is 2.42. The summed E-state index contributed by atoms with van der Waals surface area (Å²) in [5.74, 6) is 1.51. The van der Waals surface area contributed by atoms with Crippen molar-refractivity contribution in [3.8, 4) is 11.5 Å². The number of anilines is 1. The van der Waals surface area contributed by atoms with Gasteiger partial charge >= 0.3 is 0 Å². The van der Waals surface area contributed by atoms with Crippen LogP contribution in [-0.2, 0) is 10.4 Å². The van der Waals surface area contributed by atoms with Gasteiger partial charge in [0.1, 0.15) is 30.4 Å². The third kappa shape index (κ3) is 4.55. The summed E-state index contributed by atoms with van der Waals surface area (Å²) in [7, 11) is 1.64. The zero-order valence-electron chi connectivity index (χ0n) is 18.4. The van der Waals surface area contributed by atoms with E-state index in [0.29, 0.717) is 31.9 Å². The van der Waals surface area contributed by atoms with Crippen LogP contribution in [0.4, 0.5) is 5.69 Å². The maximum atomic E-state index is 13.3. The summed E-state index contributed by atoms with van der Waals surface area (Å²) in [6.07, 6.45) is 0. The number of hydrogen-bond donors (Lipinski definition) is 1. The van der Waals surface area contributed by atoms with Crippen LogP contribution in [0.3, 0.4) is 0 Å². The second kappa shape index (κ2) is 9.75. The number of carbonyl (C=O) groups is 1. The number of amides is 1. The first-order valence-corrected chi connectivity index (χ1v) is 10.7. The van der Waals surface area contributed by atoms with E-state index in [1.165, 1.54) is 0 Å². The van der Waals surface area contributed by atoms with Gasteiger partial charge in [-0.05, 0) is 43.3 Å². The van der Waals surface area contributed by atoms with Crippen molar-refractivity contribution in [3.05, 3.63) is 90.0 Å². The molecule has 166 valence electrons. The molecule has 0 saturated heterocycles. The van der Waals surface area contributed by atoms with Crippen molar-refractivity contribution in [2.45, 2.75) is 12.6 Å². The zero-order valence-corrected chi connectivity index (χ0v) is 18.4. The molecule has 0 bridgehead atoms. The molecule has 1 unspecified atom stereocenters. The summed E-state index contributed by atoms with van der Waals surface area (Å²) < 4.78 is 16.9. The average Bonchev–Trinajstić information content (AvgIpc) is 2.83. The van der Waals surface area contributed by atoms with E-state index in [1.807, 2.05) is 90.7 Å². The van der Waals surface area contributed by atoms with E-state index in [-0.39, 0.29) is 5.91 Å². The molecular weight excluding hydrogens is 404 g/mol. The van der Waals surface area contributed by atoms with Crippen molar-refractivity contribution in [2.24, 2.45) is 0 Å². The minimum Gasteiger partial charge on any atom is -0.490 e. The summed E-state index contributed by atoms with van der Waals surface area (Å²) in [4.78, 5) is 15.1. The second-order valence-corrected chi connectivity index (χ2v) is 7.73. The molecule has 0 aromatic heterocycles. The maximum Gasteiger partial charge on any atom is 0.258 e. The van der Waals surface area contributed by atoms with Gasteiger partial charge in [-0.15, -0.1) is 0 Å². The lowest BCUT2D eigenvalue weighted by molar-refractivity contribution is 0.0437. The van der Waals surface area contributed by atoms with Crippen LogP contribution in [0, 0.1) is 0 Å². The van der Waals surface area contributed by atoms with Gasteiger partial charge in [-0.1, -0.05) is 42.5 Å². The fourth-order valence-corrected chi connectivity index (χ4v) is 3.92. The van der Waals surface area contributed by atoms with Crippen LogP contribution in [0.1, 0.15) is 22.8 Å². The number of benzene rings is 3. The second-order valence-electron chi connectivity index (χ2n) is 7.73. The molecule has 1 atom stereocenters. The molecule has 32 heavy (non-hydrogen) atoms. The highest BCUT2D eigenvalue weighted by Crippen LogP contribution is 2.38. The molecule has 1 aliphatic heterocycles. The number of nitrogens with one attached hydrogen (secondary N) is 1. The topological polar surface area (TPSA) is 60.0 Å². The van der Waals surface area contributed by atoms with Crippen molar-refractivity contribution < 1.29 is 19.0 Å². The van der Waals surface area contributed by atoms with Crippen LogP contribution in [0.15, 0.2) is 78.9 Å².